The van der Waals surface area contributed by atoms with Crippen molar-refractivity contribution in [2.45, 2.75) is 26.7 Å². The fourth-order valence-electron chi connectivity index (χ4n) is 2.65. The summed E-state index contributed by atoms with van der Waals surface area (Å²) in [5.41, 5.74) is 0.876. The molecular formula is C17H26N4O2. The Labute approximate surface area is 136 Å². The Morgan fingerprint density at radius 3 is 2.83 bits per heavy atom. The zero-order chi connectivity index (χ0) is 16.8. The predicted molar refractivity (Wildman–Crippen MR) is 92.8 cm³/mol. The highest BCUT2D eigenvalue weighted by Gasteiger charge is 2.14. The predicted octanol–water partition coefficient (Wildman–Crippen LogP) is 1.62. The number of H-pyrrole nitrogens is 1. The van der Waals surface area contributed by atoms with E-state index in [0.29, 0.717) is 28.9 Å². The van der Waals surface area contributed by atoms with Gasteiger partial charge < -0.3 is 20.2 Å². The van der Waals surface area contributed by atoms with E-state index in [-0.39, 0.29) is 11.5 Å². The Morgan fingerprint density at radius 1 is 1.35 bits per heavy atom. The van der Waals surface area contributed by atoms with E-state index in [9.17, 15) is 9.59 Å². The highest BCUT2D eigenvalue weighted by atomic mass is 16.2. The van der Waals surface area contributed by atoms with Gasteiger partial charge in [0.05, 0.1) is 5.56 Å². The van der Waals surface area contributed by atoms with E-state index in [2.05, 4.69) is 29.5 Å². The van der Waals surface area contributed by atoms with Crippen LogP contribution in [0.15, 0.2) is 23.3 Å². The van der Waals surface area contributed by atoms with E-state index in [1.54, 1.807) is 25.5 Å². The lowest BCUT2D eigenvalue weighted by molar-refractivity contribution is 0.0952. The third kappa shape index (κ3) is 4.22. The maximum absolute atomic E-state index is 12.4. The zero-order valence-electron chi connectivity index (χ0n) is 14.1. The number of aromatic amines is 1. The van der Waals surface area contributed by atoms with Gasteiger partial charge in [-0.25, -0.2) is 0 Å². The molecule has 1 amide bonds. The molecule has 2 aromatic rings. The second-order valence-corrected chi connectivity index (χ2v) is 6.02. The van der Waals surface area contributed by atoms with E-state index in [4.69, 9.17) is 0 Å². The summed E-state index contributed by atoms with van der Waals surface area (Å²) in [4.78, 5) is 27.3. The summed E-state index contributed by atoms with van der Waals surface area (Å²) in [6.07, 6.45) is 5.33. The highest BCUT2D eigenvalue weighted by Crippen LogP contribution is 2.14. The molecule has 0 saturated heterocycles. The first-order chi connectivity index (χ1) is 11.0. The molecule has 1 atom stereocenters. The van der Waals surface area contributed by atoms with Gasteiger partial charge >= 0.3 is 0 Å². The van der Waals surface area contributed by atoms with Gasteiger partial charge in [-0.15, -0.1) is 0 Å². The number of hydrogen-bond donors (Lipinski definition) is 3. The van der Waals surface area contributed by atoms with Crippen molar-refractivity contribution in [3.05, 3.63) is 34.4 Å². The molecule has 0 saturated carbocycles. The minimum absolute atomic E-state index is 0.126. The van der Waals surface area contributed by atoms with Gasteiger partial charge in [-0.2, -0.15) is 0 Å². The number of fused-ring (bicyclic) bond motifs is 1. The molecule has 126 valence electrons. The van der Waals surface area contributed by atoms with Crippen molar-refractivity contribution < 1.29 is 4.79 Å². The summed E-state index contributed by atoms with van der Waals surface area (Å²) in [6, 6.07) is 1.77. The van der Waals surface area contributed by atoms with E-state index in [1.165, 1.54) is 4.57 Å². The minimum Gasteiger partial charge on any atom is -0.357 e. The van der Waals surface area contributed by atoms with Gasteiger partial charge in [0.1, 0.15) is 5.52 Å². The summed E-state index contributed by atoms with van der Waals surface area (Å²) in [6.45, 7) is 6.93. The van der Waals surface area contributed by atoms with Crippen molar-refractivity contribution in [3.63, 3.8) is 0 Å². The molecule has 2 rings (SSSR count). The molecule has 2 heterocycles. The molecule has 0 bridgehead atoms. The normalized spacial score (nSPS) is 12.5. The number of amides is 1. The maximum atomic E-state index is 12.4. The first kappa shape index (κ1) is 17.3. The van der Waals surface area contributed by atoms with Crippen LogP contribution in [0.5, 0.6) is 0 Å². The Hall–Kier alpha value is -2.08. The fraction of sp³-hybridized carbons (Fsp3) is 0.529. The molecule has 0 aliphatic carbocycles. The number of carbonyl (C=O) groups is 1. The number of pyridine rings is 1. The molecule has 0 radical (unpaired) electrons. The zero-order valence-corrected chi connectivity index (χ0v) is 14.1. The van der Waals surface area contributed by atoms with Crippen LogP contribution in [0.1, 0.15) is 37.0 Å². The lowest BCUT2D eigenvalue weighted by Crippen LogP contribution is -2.28. The van der Waals surface area contributed by atoms with Crippen LogP contribution in [0, 0.1) is 5.92 Å². The van der Waals surface area contributed by atoms with E-state index < -0.39 is 0 Å². The second-order valence-electron chi connectivity index (χ2n) is 6.02. The first-order valence-corrected chi connectivity index (χ1v) is 8.20. The van der Waals surface area contributed by atoms with E-state index in [0.717, 1.165) is 25.9 Å². The third-order valence-corrected chi connectivity index (χ3v) is 4.13. The van der Waals surface area contributed by atoms with Crippen LogP contribution in [-0.4, -0.2) is 35.1 Å². The van der Waals surface area contributed by atoms with Crippen LogP contribution in [0.4, 0.5) is 0 Å². The second kappa shape index (κ2) is 7.97. The number of nitrogens with one attached hydrogen (secondary N) is 3. The van der Waals surface area contributed by atoms with Crippen LogP contribution in [0.25, 0.3) is 10.9 Å². The molecule has 0 spiro atoms. The molecular weight excluding hydrogens is 292 g/mol. The lowest BCUT2D eigenvalue weighted by atomic mass is 10.0. The van der Waals surface area contributed by atoms with E-state index in [1.807, 2.05) is 0 Å². The quantitative estimate of drug-likeness (QED) is 0.647. The molecule has 0 aliphatic heterocycles. The van der Waals surface area contributed by atoms with Gasteiger partial charge in [-0.05, 0) is 37.9 Å². The van der Waals surface area contributed by atoms with Crippen molar-refractivity contribution in [2.24, 2.45) is 13.0 Å². The number of aryl methyl sites for hydroxylation is 1. The van der Waals surface area contributed by atoms with Gasteiger partial charge in [0.2, 0.25) is 0 Å². The molecule has 2 aromatic heterocycles. The average Bonchev–Trinajstić information content (AvgIpc) is 3.00. The van der Waals surface area contributed by atoms with Crippen LogP contribution < -0.4 is 16.2 Å². The molecule has 6 nitrogen and oxygen atoms in total. The SMILES string of the molecule is CCNCCC(C)CCNC(=O)c1cn(C)c(=O)c2[nH]ccc12. The number of nitrogens with zero attached hydrogens (tertiary/aromatic N) is 1. The molecule has 1 unspecified atom stereocenters. The topological polar surface area (TPSA) is 78.9 Å². The number of rotatable bonds is 8. The minimum atomic E-state index is -0.135. The highest BCUT2D eigenvalue weighted by molar-refractivity contribution is 6.05. The van der Waals surface area contributed by atoms with Crippen molar-refractivity contribution in [2.75, 3.05) is 19.6 Å². The summed E-state index contributed by atoms with van der Waals surface area (Å²) < 4.78 is 1.44. The molecule has 0 fully saturated rings. The smallest absolute Gasteiger partial charge is 0.274 e. The summed E-state index contributed by atoms with van der Waals surface area (Å²) in [5, 5.41) is 6.94. The molecule has 0 aromatic carbocycles. The third-order valence-electron chi connectivity index (χ3n) is 4.13. The molecule has 0 aliphatic rings. The van der Waals surface area contributed by atoms with Crippen molar-refractivity contribution >= 4 is 16.8 Å². The largest absolute Gasteiger partial charge is 0.357 e. The summed E-state index contributed by atoms with van der Waals surface area (Å²) >= 11 is 0. The van der Waals surface area contributed by atoms with Crippen LogP contribution in [0.3, 0.4) is 0 Å². The van der Waals surface area contributed by atoms with Gasteiger partial charge in [0, 0.05) is 31.4 Å². The van der Waals surface area contributed by atoms with Gasteiger partial charge in [-0.1, -0.05) is 13.8 Å². The Kier molecular flexibility index (Phi) is 5.98. The Bertz CT molecular complexity index is 717. The molecule has 6 heteroatoms. The van der Waals surface area contributed by atoms with Gasteiger partial charge in [-0.3, -0.25) is 9.59 Å². The number of hydrogen-bond acceptors (Lipinski definition) is 3. The van der Waals surface area contributed by atoms with Crippen LogP contribution in [0.2, 0.25) is 0 Å². The lowest BCUT2D eigenvalue weighted by Gasteiger charge is -2.13. The van der Waals surface area contributed by atoms with E-state index >= 15 is 0 Å². The number of aromatic nitrogens is 2. The van der Waals surface area contributed by atoms with Crippen molar-refractivity contribution in [3.8, 4) is 0 Å². The summed E-state index contributed by atoms with van der Waals surface area (Å²) in [5.74, 6) is 0.422. The maximum Gasteiger partial charge on any atom is 0.274 e. The number of carbonyl (C=O) groups excluding carboxylic acids is 1. The van der Waals surface area contributed by atoms with Gasteiger partial charge in [0.25, 0.3) is 11.5 Å². The standard InChI is InChI=1S/C17H26N4O2/c1-4-18-8-5-12(2)6-9-20-16(22)14-11-21(3)17(23)15-13(14)7-10-19-15/h7,10-12,18-19H,4-6,8-9H2,1-3H3,(H,20,22). The van der Waals surface area contributed by atoms with Gasteiger partial charge in [0.15, 0.2) is 0 Å². The van der Waals surface area contributed by atoms with Crippen LogP contribution in [-0.2, 0) is 7.05 Å². The Morgan fingerprint density at radius 2 is 2.09 bits per heavy atom. The van der Waals surface area contributed by atoms with Crippen molar-refractivity contribution in [1.29, 1.82) is 0 Å². The monoisotopic (exact) mass is 318 g/mol. The first-order valence-electron chi connectivity index (χ1n) is 8.20. The average molecular weight is 318 g/mol. The molecule has 3 N–H and O–H groups in total. The summed E-state index contributed by atoms with van der Waals surface area (Å²) in [7, 11) is 1.65. The van der Waals surface area contributed by atoms with Crippen LogP contribution >= 0.6 is 0 Å². The Balaban J connectivity index is 1.95. The van der Waals surface area contributed by atoms with Crippen molar-refractivity contribution in [1.82, 2.24) is 20.2 Å². The fourth-order valence-corrected chi connectivity index (χ4v) is 2.65. The molecule has 23 heavy (non-hydrogen) atoms.